The highest BCUT2D eigenvalue weighted by Crippen LogP contribution is 2.03. The van der Waals surface area contributed by atoms with Gasteiger partial charge in [0.15, 0.2) is 0 Å². The Hall–Kier alpha value is -0.770. The summed E-state index contributed by atoms with van der Waals surface area (Å²) < 4.78 is 5.31. The molecule has 0 spiro atoms. The molecule has 82 valence electrons. The third kappa shape index (κ3) is 2.87. The van der Waals surface area contributed by atoms with Crippen LogP contribution in [-0.2, 0) is 4.74 Å². The van der Waals surface area contributed by atoms with Gasteiger partial charge < -0.3 is 14.5 Å². The molecule has 1 aliphatic rings. The summed E-state index contributed by atoms with van der Waals surface area (Å²) in [6.07, 6.45) is 0.951. The van der Waals surface area contributed by atoms with Crippen LogP contribution in [0.2, 0.25) is 0 Å². The first-order chi connectivity index (χ1) is 6.79. The van der Waals surface area contributed by atoms with Gasteiger partial charge in [0, 0.05) is 32.8 Å². The van der Waals surface area contributed by atoms with Crippen LogP contribution in [0.3, 0.4) is 0 Å². The maximum absolute atomic E-state index is 11.9. The Labute approximate surface area is 85.8 Å². The molecule has 0 aromatic carbocycles. The highest BCUT2D eigenvalue weighted by atomic mass is 16.5. The van der Waals surface area contributed by atoms with Crippen molar-refractivity contribution in [3.63, 3.8) is 0 Å². The average Bonchev–Trinajstić information content (AvgIpc) is 2.47. The fourth-order valence-corrected chi connectivity index (χ4v) is 1.63. The molecule has 0 aromatic heterocycles. The molecule has 0 bridgehead atoms. The number of urea groups is 1. The first-order valence-corrected chi connectivity index (χ1v) is 5.41. The van der Waals surface area contributed by atoms with E-state index in [1.54, 1.807) is 0 Å². The van der Waals surface area contributed by atoms with Gasteiger partial charge in [0.2, 0.25) is 0 Å². The maximum Gasteiger partial charge on any atom is 0.320 e. The van der Waals surface area contributed by atoms with Crippen LogP contribution in [0.4, 0.5) is 4.79 Å². The van der Waals surface area contributed by atoms with Crippen molar-refractivity contribution in [1.29, 1.82) is 0 Å². The Morgan fingerprint density at radius 3 is 2.64 bits per heavy atom. The van der Waals surface area contributed by atoms with Gasteiger partial charge in [0.25, 0.3) is 0 Å². The average molecular weight is 200 g/mol. The summed E-state index contributed by atoms with van der Waals surface area (Å²) in [6.45, 7) is 8.60. The summed E-state index contributed by atoms with van der Waals surface area (Å²) in [5.74, 6) is 0. The van der Waals surface area contributed by atoms with E-state index in [1.165, 1.54) is 0 Å². The minimum Gasteiger partial charge on any atom is -0.380 e. The molecule has 1 fully saturated rings. The molecule has 14 heavy (non-hydrogen) atoms. The van der Waals surface area contributed by atoms with Crippen LogP contribution >= 0.6 is 0 Å². The summed E-state index contributed by atoms with van der Waals surface area (Å²) in [4.78, 5) is 15.7. The van der Waals surface area contributed by atoms with Gasteiger partial charge in [-0.2, -0.15) is 0 Å². The minimum absolute atomic E-state index is 0.153. The molecular formula is C10H20N2O2. The van der Waals surface area contributed by atoms with Gasteiger partial charge in [-0.05, 0) is 20.3 Å². The van der Waals surface area contributed by atoms with E-state index in [0.717, 1.165) is 39.2 Å². The number of ether oxygens (including phenoxy) is 1. The van der Waals surface area contributed by atoms with Gasteiger partial charge in [0.05, 0.1) is 6.61 Å². The monoisotopic (exact) mass is 200 g/mol. The molecule has 0 aliphatic carbocycles. The zero-order valence-corrected chi connectivity index (χ0v) is 9.16. The highest BCUT2D eigenvalue weighted by Gasteiger charge is 2.19. The van der Waals surface area contributed by atoms with Crippen molar-refractivity contribution in [2.75, 3.05) is 39.4 Å². The van der Waals surface area contributed by atoms with Gasteiger partial charge in [-0.1, -0.05) is 0 Å². The third-order valence-corrected chi connectivity index (χ3v) is 2.53. The van der Waals surface area contributed by atoms with Crippen molar-refractivity contribution in [2.24, 2.45) is 0 Å². The van der Waals surface area contributed by atoms with E-state index in [2.05, 4.69) is 0 Å². The molecule has 1 aliphatic heterocycles. The van der Waals surface area contributed by atoms with Crippen LogP contribution in [0.5, 0.6) is 0 Å². The van der Waals surface area contributed by atoms with Gasteiger partial charge >= 0.3 is 6.03 Å². The standard InChI is InChI=1S/C10H20N2O2/c1-3-11(4-2)10(13)12-6-5-8-14-9-7-12/h3-9H2,1-2H3. The van der Waals surface area contributed by atoms with Crippen LogP contribution < -0.4 is 0 Å². The Morgan fingerprint density at radius 2 is 2.00 bits per heavy atom. The number of hydrogen-bond acceptors (Lipinski definition) is 2. The van der Waals surface area contributed by atoms with E-state index in [-0.39, 0.29) is 6.03 Å². The molecule has 2 amide bonds. The maximum atomic E-state index is 11.9. The SMILES string of the molecule is CCN(CC)C(=O)N1CCCOCC1. The van der Waals surface area contributed by atoms with Gasteiger partial charge in [0.1, 0.15) is 0 Å². The number of nitrogens with zero attached hydrogens (tertiary/aromatic N) is 2. The van der Waals surface area contributed by atoms with E-state index in [4.69, 9.17) is 4.74 Å². The summed E-state index contributed by atoms with van der Waals surface area (Å²) in [7, 11) is 0. The van der Waals surface area contributed by atoms with Crippen LogP contribution in [0.25, 0.3) is 0 Å². The van der Waals surface area contributed by atoms with E-state index >= 15 is 0 Å². The second-order valence-electron chi connectivity index (χ2n) is 3.41. The van der Waals surface area contributed by atoms with Crippen LogP contribution in [0.1, 0.15) is 20.3 Å². The molecule has 0 unspecified atom stereocenters. The van der Waals surface area contributed by atoms with Crippen LogP contribution in [0.15, 0.2) is 0 Å². The molecule has 0 saturated carbocycles. The second-order valence-corrected chi connectivity index (χ2v) is 3.41. The van der Waals surface area contributed by atoms with Crippen molar-refractivity contribution in [1.82, 2.24) is 9.80 Å². The molecule has 0 atom stereocenters. The zero-order valence-electron chi connectivity index (χ0n) is 9.16. The van der Waals surface area contributed by atoms with Crippen molar-refractivity contribution >= 4 is 6.03 Å². The number of carbonyl (C=O) groups is 1. The third-order valence-electron chi connectivity index (χ3n) is 2.53. The van der Waals surface area contributed by atoms with E-state index in [9.17, 15) is 4.79 Å². The summed E-state index contributed by atoms with van der Waals surface area (Å²) in [6, 6.07) is 0.153. The normalized spacial score (nSPS) is 17.7. The summed E-state index contributed by atoms with van der Waals surface area (Å²) >= 11 is 0. The Kier molecular flexibility index (Phi) is 4.73. The van der Waals surface area contributed by atoms with Crippen LogP contribution in [-0.4, -0.2) is 55.2 Å². The Bertz CT molecular complexity index is 173. The number of hydrogen-bond donors (Lipinski definition) is 0. The number of amides is 2. The Morgan fingerprint density at radius 1 is 1.29 bits per heavy atom. The number of rotatable bonds is 2. The lowest BCUT2D eigenvalue weighted by Crippen LogP contribution is -2.44. The molecule has 1 rings (SSSR count). The number of carbonyl (C=O) groups excluding carboxylic acids is 1. The predicted octanol–water partition coefficient (Wildman–Crippen LogP) is 1.17. The Balaban J connectivity index is 2.48. The quantitative estimate of drug-likeness (QED) is 0.670. The predicted molar refractivity (Wildman–Crippen MR) is 55.3 cm³/mol. The molecule has 1 saturated heterocycles. The topological polar surface area (TPSA) is 32.8 Å². The molecular weight excluding hydrogens is 180 g/mol. The van der Waals surface area contributed by atoms with Crippen molar-refractivity contribution in [2.45, 2.75) is 20.3 Å². The highest BCUT2D eigenvalue weighted by molar-refractivity contribution is 5.74. The van der Waals surface area contributed by atoms with Crippen LogP contribution in [0, 0.1) is 0 Å². The molecule has 0 N–H and O–H groups in total. The lowest BCUT2D eigenvalue weighted by atomic mass is 10.4. The first kappa shape index (κ1) is 11.3. The van der Waals surface area contributed by atoms with Crippen molar-refractivity contribution in [3.05, 3.63) is 0 Å². The largest absolute Gasteiger partial charge is 0.380 e. The van der Waals surface area contributed by atoms with E-state index in [0.29, 0.717) is 6.61 Å². The lowest BCUT2D eigenvalue weighted by Gasteiger charge is -2.27. The summed E-state index contributed by atoms with van der Waals surface area (Å²) in [5.41, 5.74) is 0. The van der Waals surface area contributed by atoms with Gasteiger partial charge in [-0.15, -0.1) is 0 Å². The molecule has 0 aromatic rings. The fourth-order valence-electron chi connectivity index (χ4n) is 1.63. The van der Waals surface area contributed by atoms with E-state index in [1.807, 2.05) is 23.6 Å². The van der Waals surface area contributed by atoms with Crippen molar-refractivity contribution in [3.8, 4) is 0 Å². The second kappa shape index (κ2) is 5.86. The van der Waals surface area contributed by atoms with Crippen molar-refractivity contribution < 1.29 is 9.53 Å². The summed E-state index contributed by atoms with van der Waals surface area (Å²) in [5, 5.41) is 0. The van der Waals surface area contributed by atoms with Gasteiger partial charge in [-0.3, -0.25) is 0 Å². The lowest BCUT2D eigenvalue weighted by molar-refractivity contribution is 0.133. The molecule has 4 heteroatoms. The van der Waals surface area contributed by atoms with Gasteiger partial charge in [-0.25, -0.2) is 4.79 Å². The smallest absolute Gasteiger partial charge is 0.320 e. The minimum atomic E-state index is 0.153. The fraction of sp³-hybridized carbons (Fsp3) is 0.900. The molecule has 4 nitrogen and oxygen atoms in total. The molecule has 1 heterocycles. The first-order valence-electron chi connectivity index (χ1n) is 5.41. The molecule has 0 radical (unpaired) electrons. The van der Waals surface area contributed by atoms with E-state index < -0.39 is 0 Å². The zero-order chi connectivity index (χ0) is 10.4.